The van der Waals surface area contributed by atoms with E-state index in [0.29, 0.717) is 5.56 Å². The van der Waals surface area contributed by atoms with Gasteiger partial charge >= 0.3 is 0 Å². The van der Waals surface area contributed by atoms with Crippen molar-refractivity contribution in [1.29, 1.82) is 0 Å². The molecule has 4 heteroatoms. The highest BCUT2D eigenvalue weighted by Gasteiger charge is 2.21. The van der Waals surface area contributed by atoms with Crippen LogP contribution in [0.3, 0.4) is 0 Å². The third-order valence-electron chi connectivity index (χ3n) is 3.22. The quantitative estimate of drug-likeness (QED) is 0.666. The van der Waals surface area contributed by atoms with E-state index >= 15 is 0 Å². The molecule has 19 heavy (non-hydrogen) atoms. The SMILES string of the molecule is CC(C)(C)c1nc2cc(CF)ccc2c2nccn12. The standard InChI is InChI=1S/C15H16FN3/c1-15(2,3)14-18-12-8-10(9-16)4-5-11(12)13-17-6-7-19(13)14/h4-8H,9H2,1-3H3. The third kappa shape index (κ3) is 1.87. The van der Waals surface area contributed by atoms with E-state index in [1.807, 2.05) is 16.7 Å². The second-order valence-corrected chi connectivity index (χ2v) is 5.79. The molecular weight excluding hydrogens is 241 g/mol. The molecule has 0 aliphatic rings. The number of rotatable bonds is 1. The number of imidazole rings is 1. The van der Waals surface area contributed by atoms with Crippen molar-refractivity contribution < 1.29 is 4.39 Å². The Morgan fingerprint density at radius 2 is 2.05 bits per heavy atom. The smallest absolute Gasteiger partial charge is 0.147 e. The molecular formula is C15H16FN3. The summed E-state index contributed by atoms with van der Waals surface area (Å²) in [5.74, 6) is 0.934. The Morgan fingerprint density at radius 3 is 2.74 bits per heavy atom. The van der Waals surface area contributed by atoms with Gasteiger partial charge in [0.1, 0.15) is 18.1 Å². The minimum absolute atomic E-state index is 0.0984. The molecule has 0 atom stereocenters. The fraction of sp³-hybridized carbons (Fsp3) is 0.333. The Kier molecular flexibility index (Phi) is 2.55. The van der Waals surface area contributed by atoms with Crippen molar-refractivity contribution in [2.75, 3.05) is 0 Å². The van der Waals surface area contributed by atoms with Crippen molar-refractivity contribution in [3.05, 3.63) is 42.0 Å². The molecule has 0 saturated heterocycles. The molecule has 0 spiro atoms. The van der Waals surface area contributed by atoms with Crippen LogP contribution in [0.4, 0.5) is 4.39 Å². The molecule has 0 aliphatic heterocycles. The van der Waals surface area contributed by atoms with Gasteiger partial charge < -0.3 is 0 Å². The molecule has 0 fully saturated rings. The summed E-state index contributed by atoms with van der Waals surface area (Å²) in [5.41, 5.74) is 2.23. The van der Waals surface area contributed by atoms with Gasteiger partial charge in [-0.15, -0.1) is 0 Å². The van der Waals surface area contributed by atoms with Crippen LogP contribution in [0.2, 0.25) is 0 Å². The molecule has 0 unspecified atom stereocenters. The van der Waals surface area contributed by atoms with E-state index in [4.69, 9.17) is 4.98 Å². The first-order valence-corrected chi connectivity index (χ1v) is 6.33. The lowest BCUT2D eigenvalue weighted by molar-refractivity contribution is 0.485. The summed E-state index contributed by atoms with van der Waals surface area (Å²) in [6.07, 6.45) is 3.69. The first kappa shape index (κ1) is 12.1. The summed E-state index contributed by atoms with van der Waals surface area (Å²) in [6.45, 7) is 5.86. The van der Waals surface area contributed by atoms with E-state index < -0.39 is 6.67 Å². The second kappa shape index (κ2) is 4.02. The molecule has 2 heterocycles. The number of hydrogen-bond acceptors (Lipinski definition) is 2. The second-order valence-electron chi connectivity index (χ2n) is 5.79. The monoisotopic (exact) mass is 257 g/mol. The van der Waals surface area contributed by atoms with Crippen molar-refractivity contribution in [3.63, 3.8) is 0 Å². The average Bonchev–Trinajstić information content (AvgIpc) is 2.84. The van der Waals surface area contributed by atoms with Crippen LogP contribution < -0.4 is 0 Å². The third-order valence-corrected chi connectivity index (χ3v) is 3.22. The van der Waals surface area contributed by atoms with Crippen LogP contribution in [-0.2, 0) is 12.1 Å². The molecule has 0 aliphatic carbocycles. The van der Waals surface area contributed by atoms with E-state index in [9.17, 15) is 4.39 Å². The number of nitrogens with zero attached hydrogens (tertiary/aromatic N) is 3. The van der Waals surface area contributed by atoms with Crippen molar-refractivity contribution in [3.8, 4) is 0 Å². The minimum Gasteiger partial charge on any atom is -0.287 e. The molecule has 0 saturated carbocycles. The normalized spacial score (nSPS) is 12.4. The van der Waals surface area contributed by atoms with E-state index in [1.165, 1.54) is 0 Å². The first-order chi connectivity index (χ1) is 9.00. The molecule has 0 bridgehead atoms. The summed E-state index contributed by atoms with van der Waals surface area (Å²) in [5, 5.41) is 0.954. The van der Waals surface area contributed by atoms with Gasteiger partial charge in [-0.1, -0.05) is 26.8 Å². The number of hydrogen-bond donors (Lipinski definition) is 0. The van der Waals surface area contributed by atoms with Crippen molar-refractivity contribution in [2.45, 2.75) is 32.9 Å². The fourth-order valence-corrected chi connectivity index (χ4v) is 2.31. The van der Waals surface area contributed by atoms with Gasteiger partial charge in [-0.3, -0.25) is 4.40 Å². The number of fused-ring (bicyclic) bond motifs is 3. The highest BCUT2D eigenvalue weighted by atomic mass is 19.1. The van der Waals surface area contributed by atoms with Crippen molar-refractivity contribution in [1.82, 2.24) is 14.4 Å². The molecule has 3 rings (SSSR count). The van der Waals surface area contributed by atoms with Gasteiger partial charge in [-0.25, -0.2) is 14.4 Å². The molecule has 0 N–H and O–H groups in total. The van der Waals surface area contributed by atoms with Gasteiger partial charge in [-0.2, -0.15) is 0 Å². The molecule has 0 amide bonds. The lowest BCUT2D eigenvalue weighted by Crippen LogP contribution is -2.18. The number of benzene rings is 1. The summed E-state index contributed by atoms with van der Waals surface area (Å²) >= 11 is 0. The van der Waals surface area contributed by atoms with Crippen LogP contribution in [0.5, 0.6) is 0 Å². The maximum atomic E-state index is 12.8. The molecule has 3 aromatic rings. The Labute approximate surface area is 111 Å². The number of aromatic nitrogens is 3. The van der Waals surface area contributed by atoms with Crippen LogP contribution in [-0.4, -0.2) is 14.4 Å². The number of halogens is 1. The molecule has 2 aromatic heterocycles. The van der Waals surface area contributed by atoms with Crippen LogP contribution in [0.1, 0.15) is 32.2 Å². The summed E-state index contributed by atoms with van der Waals surface area (Å²) in [4.78, 5) is 9.12. The maximum absolute atomic E-state index is 12.8. The largest absolute Gasteiger partial charge is 0.287 e. The van der Waals surface area contributed by atoms with Gasteiger partial charge in [0.25, 0.3) is 0 Å². The Balaban J connectivity index is 2.44. The summed E-state index contributed by atoms with van der Waals surface area (Å²) in [6, 6.07) is 5.49. The van der Waals surface area contributed by atoms with Crippen LogP contribution >= 0.6 is 0 Å². The minimum atomic E-state index is -0.470. The predicted molar refractivity (Wildman–Crippen MR) is 74.0 cm³/mol. The zero-order valence-corrected chi connectivity index (χ0v) is 11.3. The van der Waals surface area contributed by atoms with Crippen molar-refractivity contribution in [2.24, 2.45) is 0 Å². The maximum Gasteiger partial charge on any atom is 0.147 e. The Morgan fingerprint density at radius 1 is 1.26 bits per heavy atom. The van der Waals surface area contributed by atoms with Gasteiger partial charge in [0.05, 0.1) is 5.52 Å². The molecule has 1 aromatic carbocycles. The van der Waals surface area contributed by atoms with Crippen molar-refractivity contribution >= 4 is 16.6 Å². The van der Waals surface area contributed by atoms with E-state index in [-0.39, 0.29) is 5.41 Å². The molecule has 3 nitrogen and oxygen atoms in total. The fourth-order valence-electron chi connectivity index (χ4n) is 2.31. The lowest BCUT2D eigenvalue weighted by atomic mass is 9.95. The first-order valence-electron chi connectivity index (χ1n) is 6.33. The predicted octanol–water partition coefficient (Wildman–Crippen LogP) is 3.65. The van der Waals surface area contributed by atoms with Crippen LogP contribution in [0, 0.1) is 0 Å². The van der Waals surface area contributed by atoms with Gasteiger partial charge in [-0.05, 0) is 17.7 Å². The van der Waals surface area contributed by atoms with Gasteiger partial charge in [0, 0.05) is 23.2 Å². The summed E-state index contributed by atoms with van der Waals surface area (Å²) < 4.78 is 14.8. The average molecular weight is 257 g/mol. The molecule has 0 radical (unpaired) electrons. The zero-order valence-electron chi connectivity index (χ0n) is 11.3. The number of alkyl halides is 1. The van der Waals surface area contributed by atoms with Crippen LogP contribution in [0.15, 0.2) is 30.6 Å². The van der Waals surface area contributed by atoms with E-state index in [1.54, 1.807) is 18.3 Å². The summed E-state index contributed by atoms with van der Waals surface area (Å²) in [7, 11) is 0. The zero-order chi connectivity index (χ0) is 13.6. The Bertz CT molecular complexity index is 753. The van der Waals surface area contributed by atoms with Crippen LogP contribution in [0.25, 0.3) is 16.6 Å². The highest BCUT2D eigenvalue weighted by Crippen LogP contribution is 2.26. The van der Waals surface area contributed by atoms with E-state index in [0.717, 1.165) is 22.4 Å². The molecule has 98 valence electrons. The van der Waals surface area contributed by atoms with Gasteiger partial charge in [0.15, 0.2) is 0 Å². The topological polar surface area (TPSA) is 30.2 Å². The Hall–Kier alpha value is -1.97. The lowest BCUT2D eigenvalue weighted by Gasteiger charge is -2.20. The van der Waals surface area contributed by atoms with E-state index in [2.05, 4.69) is 25.8 Å². The van der Waals surface area contributed by atoms with Gasteiger partial charge in [0.2, 0.25) is 0 Å². The highest BCUT2D eigenvalue weighted by molar-refractivity contribution is 5.91.